The Morgan fingerprint density at radius 1 is 1.03 bits per heavy atom. The van der Waals surface area contributed by atoms with Crippen LogP contribution in [0.5, 0.6) is 11.5 Å². The average Bonchev–Trinajstić information content (AvgIpc) is 3.45. The van der Waals surface area contributed by atoms with Crippen LogP contribution in [0.25, 0.3) is 23.0 Å². The summed E-state index contributed by atoms with van der Waals surface area (Å²) in [5.41, 5.74) is 4.67. The van der Waals surface area contributed by atoms with Gasteiger partial charge in [-0.15, -0.1) is 0 Å². The monoisotopic (exact) mass is 418 g/mol. The maximum atomic E-state index is 6.05. The van der Waals surface area contributed by atoms with E-state index in [0.717, 1.165) is 11.3 Å². The van der Waals surface area contributed by atoms with Gasteiger partial charge in [0.2, 0.25) is 5.82 Å². The van der Waals surface area contributed by atoms with Crippen molar-refractivity contribution in [2.45, 2.75) is 26.2 Å². The molecule has 4 aromatic rings. The molecule has 1 aliphatic heterocycles. The highest BCUT2D eigenvalue weighted by Gasteiger charge is 2.25. The van der Waals surface area contributed by atoms with E-state index < -0.39 is 0 Å². The quantitative estimate of drug-likeness (QED) is 0.480. The first-order valence-corrected chi connectivity index (χ1v) is 9.96. The smallest absolute Gasteiger partial charge is 0.278 e. The van der Waals surface area contributed by atoms with Gasteiger partial charge in [0, 0.05) is 6.07 Å². The Morgan fingerprint density at radius 3 is 2.65 bits per heavy atom. The number of nitrogens with zero attached hydrogens (tertiary/aromatic N) is 4. The lowest BCUT2D eigenvalue weighted by Crippen LogP contribution is -2.21. The van der Waals surface area contributed by atoms with Gasteiger partial charge in [-0.2, -0.15) is 10.1 Å². The van der Waals surface area contributed by atoms with Gasteiger partial charge in [0.15, 0.2) is 5.69 Å². The lowest BCUT2D eigenvalue weighted by molar-refractivity contribution is -0.00113. The maximum Gasteiger partial charge on any atom is 0.278 e. The molecule has 158 valence electrons. The van der Waals surface area contributed by atoms with E-state index in [-0.39, 0.29) is 6.10 Å². The second-order valence-electron chi connectivity index (χ2n) is 7.40. The molecule has 8 nitrogen and oxygen atoms in total. The van der Waals surface area contributed by atoms with Crippen molar-refractivity contribution in [1.82, 2.24) is 19.9 Å². The highest BCUT2D eigenvalue weighted by molar-refractivity contribution is 5.66. The molecule has 0 amide bonds. The van der Waals surface area contributed by atoms with E-state index >= 15 is 0 Å². The molecule has 31 heavy (non-hydrogen) atoms. The molecular formula is C23H22N4O4. The van der Waals surface area contributed by atoms with Crippen molar-refractivity contribution in [3.63, 3.8) is 0 Å². The van der Waals surface area contributed by atoms with Crippen molar-refractivity contribution < 1.29 is 18.7 Å². The van der Waals surface area contributed by atoms with Crippen LogP contribution in [-0.2, 0) is 17.9 Å². The van der Waals surface area contributed by atoms with E-state index in [1.807, 2.05) is 22.9 Å². The van der Waals surface area contributed by atoms with Crippen LogP contribution >= 0.6 is 0 Å². The topological polar surface area (TPSA) is 84.4 Å². The van der Waals surface area contributed by atoms with Crippen molar-refractivity contribution in [3.05, 3.63) is 65.4 Å². The van der Waals surface area contributed by atoms with Gasteiger partial charge in [-0.25, -0.2) is 0 Å². The summed E-state index contributed by atoms with van der Waals surface area (Å²) in [5.74, 6) is 2.07. The third-order valence-electron chi connectivity index (χ3n) is 5.38. The van der Waals surface area contributed by atoms with E-state index in [4.69, 9.17) is 18.7 Å². The molecule has 3 heterocycles. The Kier molecular flexibility index (Phi) is 4.91. The van der Waals surface area contributed by atoms with Gasteiger partial charge in [-0.05, 0) is 30.7 Å². The third kappa shape index (κ3) is 3.66. The molecule has 0 spiro atoms. The molecule has 0 unspecified atom stereocenters. The van der Waals surface area contributed by atoms with Crippen molar-refractivity contribution in [3.8, 4) is 34.5 Å². The highest BCUT2D eigenvalue weighted by atomic mass is 16.5. The van der Waals surface area contributed by atoms with Crippen LogP contribution in [0.4, 0.5) is 0 Å². The molecule has 2 aromatic carbocycles. The predicted molar refractivity (Wildman–Crippen MR) is 113 cm³/mol. The number of aromatic nitrogens is 4. The Labute approximate surface area is 179 Å². The normalized spacial score (nSPS) is 15.5. The van der Waals surface area contributed by atoms with Crippen molar-refractivity contribution in [1.29, 1.82) is 0 Å². The molecule has 2 aromatic heterocycles. The number of methoxy groups -OCH3 is 2. The van der Waals surface area contributed by atoms with E-state index in [1.165, 1.54) is 5.56 Å². The molecule has 0 saturated heterocycles. The van der Waals surface area contributed by atoms with Gasteiger partial charge in [0.1, 0.15) is 17.6 Å². The first-order chi connectivity index (χ1) is 15.1. The van der Waals surface area contributed by atoms with Crippen LogP contribution in [-0.4, -0.2) is 34.1 Å². The summed E-state index contributed by atoms with van der Waals surface area (Å²) in [5, 5.41) is 8.80. The highest BCUT2D eigenvalue weighted by Crippen LogP contribution is 2.33. The molecular weight excluding hydrogens is 396 g/mol. The summed E-state index contributed by atoms with van der Waals surface area (Å²) in [7, 11) is 3.20. The first-order valence-electron chi connectivity index (χ1n) is 9.96. The number of fused-ring (bicyclic) bond motifs is 1. The van der Waals surface area contributed by atoms with Crippen LogP contribution in [0.1, 0.15) is 22.9 Å². The van der Waals surface area contributed by atoms with E-state index in [9.17, 15) is 0 Å². The largest absolute Gasteiger partial charge is 0.497 e. The number of rotatable bonds is 5. The van der Waals surface area contributed by atoms with Crippen molar-refractivity contribution in [2.24, 2.45) is 0 Å². The fraction of sp³-hybridized carbons (Fsp3) is 0.261. The third-order valence-corrected chi connectivity index (χ3v) is 5.38. The Hall–Kier alpha value is -3.65. The molecule has 0 saturated carbocycles. The van der Waals surface area contributed by atoms with E-state index in [0.29, 0.717) is 47.6 Å². The van der Waals surface area contributed by atoms with Crippen LogP contribution in [0.2, 0.25) is 0 Å². The second kappa shape index (κ2) is 7.88. The summed E-state index contributed by atoms with van der Waals surface area (Å²) >= 11 is 0. The fourth-order valence-electron chi connectivity index (χ4n) is 3.63. The zero-order valence-corrected chi connectivity index (χ0v) is 17.5. The molecule has 5 rings (SSSR count). The van der Waals surface area contributed by atoms with Gasteiger partial charge in [0.25, 0.3) is 5.89 Å². The summed E-state index contributed by atoms with van der Waals surface area (Å²) < 4.78 is 24.2. The van der Waals surface area contributed by atoms with Crippen molar-refractivity contribution in [2.75, 3.05) is 14.2 Å². The number of hydrogen-bond donors (Lipinski definition) is 0. The second-order valence-corrected chi connectivity index (χ2v) is 7.40. The molecule has 0 N–H and O–H groups in total. The summed E-state index contributed by atoms with van der Waals surface area (Å²) in [4.78, 5) is 4.53. The molecule has 0 aliphatic carbocycles. The minimum Gasteiger partial charge on any atom is -0.497 e. The zero-order chi connectivity index (χ0) is 21.4. The van der Waals surface area contributed by atoms with E-state index in [1.54, 1.807) is 20.3 Å². The summed E-state index contributed by atoms with van der Waals surface area (Å²) in [6.07, 6.45) is -0.0392. The lowest BCUT2D eigenvalue weighted by atomic mass is 10.1. The van der Waals surface area contributed by atoms with Crippen LogP contribution < -0.4 is 9.47 Å². The van der Waals surface area contributed by atoms with Crippen LogP contribution in [0, 0.1) is 6.92 Å². The maximum absolute atomic E-state index is 6.05. The molecule has 0 bridgehead atoms. The average molecular weight is 418 g/mol. The minimum atomic E-state index is -0.0392. The summed E-state index contributed by atoms with van der Waals surface area (Å²) in [6, 6.07) is 15.8. The van der Waals surface area contributed by atoms with Gasteiger partial charge in [-0.3, -0.25) is 4.68 Å². The fourth-order valence-corrected chi connectivity index (χ4v) is 3.63. The molecule has 8 heteroatoms. The molecule has 1 aliphatic rings. The molecule has 1 atom stereocenters. The van der Waals surface area contributed by atoms with Gasteiger partial charge < -0.3 is 18.7 Å². The molecule has 0 fully saturated rings. The molecule has 0 radical (unpaired) electrons. The van der Waals surface area contributed by atoms with Crippen molar-refractivity contribution >= 4 is 0 Å². The van der Waals surface area contributed by atoms with E-state index in [2.05, 4.69) is 46.4 Å². The predicted octanol–water partition coefficient (Wildman–Crippen LogP) is 4.20. The number of benzene rings is 2. The van der Waals surface area contributed by atoms with Gasteiger partial charge in [0.05, 0.1) is 38.6 Å². The number of hydrogen-bond acceptors (Lipinski definition) is 7. The van der Waals surface area contributed by atoms with Crippen LogP contribution in [0.15, 0.2) is 53.1 Å². The Balaban J connectivity index is 1.40. The van der Waals surface area contributed by atoms with Gasteiger partial charge >= 0.3 is 0 Å². The number of ether oxygens (including phenoxy) is 3. The standard InChI is InChI=1S/C23H22N4O4/c1-14-4-6-15(7-5-14)21-12-27-16(13-30-21)10-19(25-27)23-24-22(26-31-23)18-9-8-17(28-2)11-20(18)29-3/h4-11,21H,12-13H2,1-3H3/t21-/m0/s1. The zero-order valence-electron chi connectivity index (χ0n) is 17.5. The SMILES string of the molecule is COc1ccc(-c2noc(-c3cc4n(n3)C[C@@H](c3ccc(C)cc3)OC4)n2)c(OC)c1. The van der Waals surface area contributed by atoms with Crippen LogP contribution in [0.3, 0.4) is 0 Å². The Bertz CT molecular complexity index is 1210. The number of aryl methyl sites for hydroxylation is 1. The Morgan fingerprint density at radius 2 is 1.87 bits per heavy atom. The summed E-state index contributed by atoms with van der Waals surface area (Å²) in [6.45, 7) is 3.17. The minimum absolute atomic E-state index is 0.0392. The van der Waals surface area contributed by atoms with Gasteiger partial charge in [-0.1, -0.05) is 35.0 Å². The first kappa shape index (κ1) is 19.3. The lowest BCUT2D eigenvalue weighted by Gasteiger charge is -2.24.